The first kappa shape index (κ1) is 16.8. The molecule has 2 aromatic rings. The Morgan fingerprint density at radius 2 is 1.18 bits per heavy atom. The molecule has 3 heteroatoms. The monoisotopic (exact) mass is 316 g/mol. The van der Waals surface area contributed by atoms with E-state index in [1.54, 1.807) is 0 Å². The van der Waals surface area contributed by atoms with Crippen LogP contribution in [0.2, 0.25) is 0 Å². The summed E-state index contributed by atoms with van der Waals surface area (Å²) in [6, 6.07) is 19.9. The van der Waals surface area contributed by atoms with E-state index in [9.17, 15) is 0 Å². The molecule has 0 heterocycles. The van der Waals surface area contributed by atoms with Gasteiger partial charge < -0.3 is 9.05 Å². The fraction of sp³-hybridized carbons (Fsp3) is 0.368. The van der Waals surface area contributed by atoms with Crippen LogP contribution in [-0.2, 0) is 0 Å². The zero-order chi connectivity index (χ0) is 15.5. The van der Waals surface area contributed by atoms with Crippen LogP contribution in [0.3, 0.4) is 0 Å². The standard InChI is InChI=1S/C19H25O2P/c1-2-3-4-5-12-17-22(20-18-13-8-6-9-14-18)21-19-15-10-7-11-16-19/h6-11,13-16H,2-5,12,17H2,1H3. The van der Waals surface area contributed by atoms with Crippen LogP contribution in [0.5, 0.6) is 11.5 Å². The second-order valence-corrected chi connectivity index (χ2v) is 6.76. The van der Waals surface area contributed by atoms with E-state index in [0.29, 0.717) is 0 Å². The Morgan fingerprint density at radius 1 is 0.682 bits per heavy atom. The lowest BCUT2D eigenvalue weighted by Gasteiger charge is -2.18. The van der Waals surface area contributed by atoms with E-state index in [2.05, 4.69) is 6.92 Å². The molecule has 0 N–H and O–H groups in total. The van der Waals surface area contributed by atoms with Gasteiger partial charge in [0.2, 0.25) is 0 Å². The third-order valence-corrected chi connectivity index (χ3v) is 4.86. The molecular formula is C19H25O2P. The maximum atomic E-state index is 6.07. The Kier molecular flexibility index (Phi) is 7.83. The molecule has 0 aliphatic heterocycles. The molecule has 22 heavy (non-hydrogen) atoms. The van der Waals surface area contributed by atoms with Gasteiger partial charge in [0.05, 0.1) is 0 Å². The van der Waals surface area contributed by atoms with Crippen molar-refractivity contribution in [3.63, 3.8) is 0 Å². The second-order valence-electron chi connectivity index (χ2n) is 5.28. The highest BCUT2D eigenvalue weighted by Gasteiger charge is 2.14. The van der Waals surface area contributed by atoms with Gasteiger partial charge in [-0.15, -0.1) is 0 Å². The fourth-order valence-corrected chi connectivity index (χ4v) is 3.57. The fourth-order valence-electron chi connectivity index (χ4n) is 2.15. The van der Waals surface area contributed by atoms with Crippen LogP contribution in [0.1, 0.15) is 39.0 Å². The minimum atomic E-state index is -0.934. The summed E-state index contributed by atoms with van der Waals surface area (Å²) in [6.45, 7) is 2.24. The van der Waals surface area contributed by atoms with E-state index in [4.69, 9.17) is 9.05 Å². The molecule has 2 nitrogen and oxygen atoms in total. The van der Waals surface area contributed by atoms with Crippen molar-refractivity contribution >= 4 is 8.38 Å². The zero-order valence-corrected chi connectivity index (χ0v) is 14.2. The first-order chi connectivity index (χ1) is 10.9. The van der Waals surface area contributed by atoms with Gasteiger partial charge in [-0.2, -0.15) is 0 Å². The lowest BCUT2D eigenvalue weighted by atomic mass is 10.2. The lowest BCUT2D eigenvalue weighted by Crippen LogP contribution is -2.00. The summed E-state index contributed by atoms with van der Waals surface area (Å²) >= 11 is 0. The van der Waals surface area contributed by atoms with Gasteiger partial charge in [0.1, 0.15) is 11.5 Å². The van der Waals surface area contributed by atoms with Crippen LogP contribution in [-0.4, -0.2) is 6.16 Å². The molecule has 0 radical (unpaired) electrons. The van der Waals surface area contributed by atoms with Crippen molar-refractivity contribution in [1.82, 2.24) is 0 Å². The summed E-state index contributed by atoms with van der Waals surface area (Å²) in [4.78, 5) is 0. The molecule has 0 spiro atoms. The molecule has 2 rings (SSSR count). The van der Waals surface area contributed by atoms with Gasteiger partial charge in [0.25, 0.3) is 8.38 Å². The molecule has 2 aromatic carbocycles. The van der Waals surface area contributed by atoms with Gasteiger partial charge in [0, 0.05) is 6.16 Å². The Hall–Kier alpha value is -1.53. The Morgan fingerprint density at radius 3 is 1.68 bits per heavy atom. The average Bonchev–Trinajstić information content (AvgIpc) is 2.56. The van der Waals surface area contributed by atoms with Crippen LogP contribution in [0, 0.1) is 0 Å². The Balaban J connectivity index is 1.88. The lowest BCUT2D eigenvalue weighted by molar-refractivity contribution is 0.485. The van der Waals surface area contributed by atoms with E-state index in [0.717, 1.165) is 24.1 Å². The summed E-state index contributed by atoms with van der Waals surface area (Å²) in [5, 5.41) is 0. The molecule has 0 saturated carbocycles. The van der Waals surface area contributed by atoms with Crippen molar-refractivity contribution in [1.29, 1.82) is 0 Å². The van der Waals surface area contributed by atoms with Gasteiger partial charge in [-0.25, -0.2) is 0 Å². The van der Waals surface area contributed by atoms with Crippen molar-refractivity contribution in [2.75, 3.05) is 6.16 Å². The van der Waals surface area contributed by atoms with Crippen LogP contribution in [0.25, 0.3) is 0 Å². The summed E-state index contributed by atoms with van der Waals surface area (Å²) < 4.78 is 12.1. The summed E-state index contributed by atoms with van der Waals surface area (Å²) in [6.07, 6.45) is 7.28. The molecule has 0 unspecified atom stereocenters. The summed E-state index contributed by atoms with van der Waals surface area (Å²) in [5.74, 6) is 1.77. The zero-order valence-electron chi connectivity index (χ0n) is 13.3. The van der Waals surface area contributed by atoms with Gasteiger partial charge >= 0.3 is 0 Å². The maximum absolute atomic E-state index is 6.07. The van der Waals surface area contributed by atoms with Gasteiger partial charge in [-0.05, 0) is 30.7 Å². The van der Waals surface area contributed by atoms with E-state index in [1.807, 2.05) is 60.7 Å². The van der Waals surface area contributed by atoms with Crippen molar-refractivity contribution in [3.8, 4) is 11.5 Å². The number of para-hydroxylation sites is 2. The summed E-state index contributed by atoms with van der Waals surface area (Å²) in [5.41, 5.74) is 0. The molecule has 118 valence electrons. The third kappa shape index (κ3) is 6.49. The topological polar surface area (TPSA) is 18.5 Å². The SMILES string of the molecule is CCCCCCCP(Oc1ccccc1)Oc1ccccc1. The number of benzene rings is 2. The van der Waals surface area contributed by atoms with Crippen molar-refractivity contribution in [2.45, 2.75) is 39.0 Å². The van der Waals surface area contributed by atoms with Crippen molar-refractivity contribution in [3.05, 3.63) is 60.7 Å². The van der Waals surface area contributed by atoms with Gasteiger partial charge in [-0.1, -0.05) is 69.0 Å². The number of unbranched alkanes of at least 4 members (excludes halogenated alkanes) is 4. The smallest absolute Gasteiger partial charge is 0.290 e. The Bertz CT molecular complexity index is 460. The molecule has 0 aliphatic carbocycles. The second kappa shape index (κ2) is 10.2. The van der Waals surface area contributed by atoms with Gasteiger partial charge in [-0.3, -0.25) is 0 Å². The third-order valence-electron chi connectivity index (χ3n) is 3.35. The molecule has 0 saturated heterocycles. The molecule has 0 aromatic heterocycles. The minimum Gasteiger partial charge on any atom is -0.439 e. The maximum Gasteiger partial charge on any atom is 0.290 e. The minimum absolute atomic E-state index is 0.887. The number of hydrogen-bond donors (Lipinski definition) is 0. The van der Waals surface area contributed by atoms with E-state index in [1.165, 1.54) is 25.7 Å². The van der Waals surface area contributed by atoms with Crippen molar-refractivity contribution in [2.24, 2.45) is 0 Å². The number of hydrogen-bond acceptors (Lipinski definition) is 2. The summed E-state index contributed by atoms with van der Waals surface area (Å²) in [7, 11) is -0.934. The predicted molar refractivity (Wildman–Crippen MR) is 94.7 cm³/mol. The molecule has 0 aliphatic rings. The van der Waals surface area contributed by atoms with Gasteiger partial charge in [0.15, 0.2) is 0 Å². The van der Waals surface area contributed by atoms with Crippen LogP contribution in [0.15, 0.2) is 60.7 Å². The molecule has 0 atom stereocenters. The molecule has 0 fully saturated rings. The van der Waals surface area contributed by atoms with E-state index < -0.39 is 8.38 Å². The predicted octanol–water partition coefficient (Wildman–Crippen LogP) is 6.43. The van der Waals surface area contributed by atoms with Crippen LogP contribution >= 0.6 is 8.38 Å². The first-order valence-corrected chi connectivity index (χ1v) is 9.48. The number of rotatable bonds is 10. The highest BCUT2D eigenvalue weighted by atomic mass is 31.2. The molecular weight excluding hydrogens is 291 g/mol. The average molecular weight is 316 g/mol. The molecule has 0 amide bonds. The normalized spacial score (nSPS) is 10.6. The van der Waals surface area contributed by atoms with Crippen molar-refractivity contribution < 1.29 is 9.05 Å². The Labute approximate surface area is 135 Å². The van der Waals surface area contributed by atoms with E-state index >= 15 is 0 Å². The quantitative estimate of drug-likeness (QED) is 0.371. The highest BCUT2D eigenvalue weighted by molar-refractivity contribution is 7.48. The van der Waals surface area contributed by atoms with Crippen LogP contribution < -0.4 is 9.05 Å². The highest BCUT2D eigenvalue weighted by Crippen LogP contribution is 2.41. The molecule has 0 bridgehead atoms. The largest absolute Gasteiger partial charge is 0.439 e. The van der Waals surface area contributed by atoms with Crippen LogP contribution in [0.4, 0.5) is 0 Å². The van der Waals surface area contributed by atoms with E-state index in [-0.39, 0.29) is 0 Å². The first-order valence-electron chi connectivity index (χ1n) is 8.12.